The van der Waals surface area contributed by atoms with Crippen molar-refractivity contribution in [3.8, 4) is 12.3 Å². The third-order valence-corrected chi connectivity index (χ3v) is 1.32. The summed E-state index contributed by atoms with van der Waals surface area (Å²) in [6, 6.07) is 9.22. The number of para-hydroxylation sites is 1. The van der Waals surface area contributed by atoms with Gasteiger partial charge >= 0.3 is 0 Å². The van der Waals surface area contributed by atoms with E-state index in [1.165, 1.54) is 0 Å². The monoisotopic (exact) mass is 159 g/mol. The van der Waals surface area contributed by atoms with Crippen molar-refractivity contribution in [3.63, 3.8) is 0 Å². The number of terminal acetylenes is 1. The maximum absolute atomic E-state index is 11.0. The molecular formula is C10H9NO. The zero-order valence-corrected chi connectivity index (χ0v) is 6.58. The Labute approximate surface area is 71.6 Å². The van der Waals surface area contributed by atoms with Gasteiger partial charge in [-0.25, -0.2) is 0 Å². The molecule has 0 heterocycles. The summed E-state index contributed by atoms with van der Waals surface area (Å²) in [6.45, 7) is 0. The normalized spacial score (nSPS) is 8.58. The van der Waals surface area contributed by atoms with Gasteiger partial charge in [0, 0.05) is 5.69 Å². The number of rotatable bonds is 2. The second kappa shape index (κ2) is 4.20. The highest BCUT2D eigenvalue weighted by molar-refractivity contribution is 5.92. The molecule has 0 unspecified atom stereocenters. The molecule has 1 N–H and O–H groups in total. The minimum absolute atomic E-state index is 0.120. The van der Waals surface area contributed by atoms with Gasteiger partial charge in [0.25, 0.3) is 0 Å². The first kappa shape index (κ1) is 8.35. The largest absolute Gasteiger partial charge is 0.325 e. The van der Waals surface area contributed by atoms with E-state index in [4.69, 9.17) is 6.42 Å². The summed E-state index contributed by atoms with van der Waals surface area (Å²) in [6.07, 6.45) is 5.09. The van der Waals surface area contributed by atoms with E-state index in [9.17, 15) is 4.79 Å². The van der Waals surface area contributed by atoms with Crippen molar-refractivity contribution in [1.29, 1.82) is 0 Å². The van der Waals surface area contributed by atoms with Gasteiger partial charge < -0.3 is 5.32 Å². The smallest absolute Gasteiger partial charge is 0.236 e. The second-order valence-corrected chi connectivity index (χ2v) is 2.30. The summed E-state index contributed by atoms with van der Waals surface area (Å²) >= 11 is 0. The molecule has 0 saturated heterocycles. The Balaban J connectivity index is 2.54. The van der Waals surface area contributed by atoms with E-state index >= 15 is 0 Å². The molecule has 12 heavy (non-hydrogen) atoms. The van der Waals surface area contributed by atoms with Crippen molar-refractivity contribution >= 4 is 11.6 Å². The van der Waals surface area contributed by atoms with Crippen molar-refractivity contribution in [2.75, 3.05) is 5.32 Å². The van der Waals surface area contributed by atoms with Crippen LogP contribution in [0.5, 0.6) is 0 Å². The van der Waals surface area contributed by atoms with Gasteiger partial charge in [0.1, 0.15) is 0 Å². The molecule has 60 valence electrons. The molecule has 1 amide bonds. The van der Waals surface area contributed by atoms with E-state index in [2.05, 4.69) is 11.2 Å². The van der Waals surface area contributed by atoms with E-state index in [0.717, 1.165) is 5.69 Å². The maximum atomic E-state index is 11.0. The zero-order chi connectivity index (χ0) is 8.81. The first-order chi connectivity index (χ1) is 5.83. The minimum atomic E-state index is -0.149. The first-order valence-electron chi connectivity index (χ1n) is 3.61. The van der Waals surface area contributed by atoms with Crippen molar-refractivity contribution in [3.05, 3.63) is 30.3 Å². The summed E-state index contributed by atoms with van der Waals surface area (Å²) < 4.78 is 0. The molecule has 0 aliphatic carbocycles. The van der Waals surface area contributed by atoms with Gasteiger partial charge in [-0.15, -0.1) is 6.42 Å². The van der Waals surface area contributed by atoms with Crippen LogP contribution in [0.3, 0.4) is 0 Å². The maximum Gasteiger partial charge on any atom is 0.236 e. The highest BCUT2D eigenvalue weighted by atomic mass is 16.1. The lowest BCUT2D eigenvalue weighted by atomic mass is 10.3. The van der Waals surface area contributed by atoms with Gasteiger partial charge in [-0.1, -0.05) is 24.1 Å². The third-order valence-electron chi connectivity index (χ3n) is 1.32. The standard InChI is InChI=1S/C10H9NO/c1-2-6-10(12)11-9-7-4-3-5-8-9/h1,3-5,7-8H,6H2,(H,11,12). The number of amides is 1. The van der Waals surface area contributed by atoms with Gasteiger partial charge in [0.15, 0.2) is 0 Å². The molecule has 1 aromatic carbocycles. The molecule has 0 fully saturated rings. The van der Waals surface area contributed by atoms with Crippen LogP contribution < -0.4 is 5.32 Å². The van der Waals surface area contributed by atoms with Crippen LogP contribution in [0.1, 0.15) is 6.42 Å². The lowest BCUT2D eigenvalue weighted by molar-refractivity contribution is -0.115. The van der Waals surface area contributed by atoms with Gasteiger partial charge in [0.05, 0.1) is 6.42 Å². The number of carbonyl (C=O) groups excluding carboxylic acids is 1. The second-order valence-electron chi connectivity index (χ2n) is 2.30. The molecule has 0 aliphatic heterocycles. The summed E-state index contributed by atoms with van der Waals surface area (Å²) in [5.74, 6) is 2.13. The molecule has 0 aromatic heterocycles. The fourth-order valence-corrected chi connectivity index (χ4v) is 0.819. The van der Waals surface area contributed by atoms with Crippen LogP contribution in [0.15, 0.2) is 30.3 Å². The topological polar surface area (TPSA) is 29.1 Å². The lowest BCUT2D eigenvalue weighted by Crippen LogP contribution is -2.09. The molecule has 0 radical (unpaired) electrons. The molecular weight excluding hydrogens is 150 g/mol. The highest BCUT2D eigenvalue weighted by Crippen LogP contribution is 2.04. The first-order valence-corrected chi connectivity index (χ1v) is 3.61. The van der Waals surface area contributed by atoms with Gasteiger partial charge in [-0.3, -0.25) is 4.79 Å². The van der Waals surface area contributed by atoms with Gasteiger partial charge in [-0.05, 0) is 12.1 Å². The molecule has 0 saturated carbocycles. The summed E-state index contributed by atoms with van der Waals surface area (Å²) in [5, 5.41) is 2.66. The number of hydrogen-bond donors (Lipinski definition) is 1. The number of benzene rings is 1. The van der Waals surface area contributed by atoms with Crippen molar-refractivity contribution < 1.29 is 4.79 Å². The van der Waals surface area contributed by atoms with E-state index in [-0.39, 0.29) is 12.3 Å². The van der Waals surface area contributed by atoms with Gasteiger partial charge in [0.2, 0.25) is 5.91 Å². The van der Waals surface area contributed by atoms with Crippen LogP contribution in [0.2, 0.25) is 0 Å². The quantitative estimate of drug-likeness (QED) is 0.653. The lowest BCUT2D eigenvalue weighted by Gasteiger charge is -2.00. The summed E-state index contributed by atoms with van der Waals surface area (Å²) in [4.78, 5) is 11.0. The number of nitrogens with one attached hydrogen (secondary N) is 1. The van der Waals surface area contributed by atoms with Crippen molar-refractivity contribution in [2.24, 2.45) is 0 Å². The fourth-order valence-electron chi connectivity index (χ4n) is 0.819. The molecule has 0 bridgehead atoms. The molecule has 0 atom stereocenters. The summed E-state index contributed by atoms with van der Waals surface area (Å²) in [5.41, 5.74) is 0.776. The van der Waals surface area contributed by atoms with Crippen molar-refractivity contribution in [2.45, 2.75) is 6.42 Å². The Morgan fingerprint density at radius 2 is 2.08 bits per heavy atom. The molecule has 1 rings (SSSR count). The van der Waals surface area contributed by atoms with Gasteiger partial charge in [-0.2, -0.15) is 0 Å². The third kappa shape index (κ3) is 2.47. The molecule has 2 heteroatoms. The fraction of sp³-hybridized carbons (Fsp3) is 0.100. The van der Waals surface area contributed by atoms with Crippen LogP contribution in [0.25, 0.3) is 0 Å². The van der Waals surface area contributed by atoms with E-state index in [0.29, 0.717) is 0 Å². The zero-order valence-electron chi connectivity index (χ0n) is 6.58. The van der Waals surface area contributed by atoms with Crippen LogP contribution in [0, 0.1) is 12.3 Å². The Morgan fingerprint density at radius 3 is 2.67 bits per heavy atom. The van der Waals surface area contributed by atoms with E-state index < -0.39 is 0 Å². The van der Waals surface area contributed by atoms with Crippen LogP contribution in [0.4, 0.5) is 5.69 Å². The minimum Gasteiger partial charge on any atom is -0.325 e. The molecule has 2 nitrogen and oxygen atoms in total. The number of hydrogen-bond acceptors (Lipinski definition) is 1. The Hall–Kier alpha value is -1.75. The average Bonchev–Trinajstić information content (AvgIpc) is 2.06. The number of carbonyl (C=O) groups is 1. The molecule has 0 aliphatic rings. The Bertz CT molecular complexity index is 297. The van der Waals surface area contributed by atoms with Crippen molar-refractivity contribution in [1.82, 2.24) is 0 Å². The van der Waals surface area contributed by atoms with Crippen LogP contribution >= 0.6 is 0 Å². The number of anilines is 1. The van der Waals surface area contributed by atoms with Crippen LogP contribution in [-0.2, 0) is 4.79 Å². The SMILES string of the molecule is C#CCC(=O)Nc1ccccc1. The predicted molar refractivity (Wildman–Crippen MR) is 48.5 cm³/mol. The highest BCUT2D eigenvalue weighted by Gasteiger charge is 1.97. The predicted octanol–water partition coefficient (Wildman–Crippen LogP) is 1.65. The average molecular weight is 159 g/mol. The summed E-state index contributed by atoms with van der Waals surface area (Å²) in [7, 11) is 0. The van der Waals surface area contributed by atoms with E-state index in [1.54, 1.807) is 0 Å². The Morgan fingerprint density at radius 1 is 1.42 bits per heavy atom. The molecule has 0 spiro atoms. The van der Waals surface area contributed by atoms with Crippen LogP contribution in [-0.4, -0.2) is 5.91 Å². The van der Waals surface area contributed by atoms with E-state index in [1.807, 2.05) is 30.3 Å². The Kier molecular flexibility index (Phi) is 2.92. The molecule has 1 aromatic rings.